The lowest BCUT2D eigenvalue weighted by atomic mass is 10.1. The highest BCUT2D eigenvalue weighted by molar-refractivity contribution is 8.13. The van der Waals surface area contributed by atoms with E-state index in [1.54, 1.807) is 24.5 Å². The highest BCUT2D eigenvalue weighted by Gasteiger charge is 2.11. The van der Waals surface area contributed by atoms with E-state index in [1.165, 1.54) is 0 Å². The SMILES string of the molecule is CS/C(=N\C(=O)OCc1ccccc1)NC(=O)Cc1ccc(Cl)cc1Cl. The summed E-state index contributed by atoms with van der Waals surface area (Å²) in [5.74, 6) is -0.349. The molecule has 5 nitrogen and oxygen atoms in total. The second-order valence-electron chi connectivity index (χ2n) is 5.12. The maximum Gasteiger partial charge on any atom is 0.436 e. The second kappa shape index (κ2) is 10.2. The Balaban J connectivity index is 1.91. The summed E-state index contributed by atoms with van der Waals surface area (Å²) in [5, 5.41) is 3.61. The molecule has 2 amide bonds. The first kappa shape index (κ1) is 20.3. The number of rotatable bonds is 4. The van der Waals surface area contributed by atoms with Crippen LogP contribution < -0.4 is 5.32 Å². The summed E-state index contributed by atoms with van der Waals surface area (Å²) >= 11 is 13.0. The largest absolute Gasteiger partial charge is 0.443 e. The van der Waals surface area contributed by atoms with E-state index in [-0.39, 0.29) is 24.1 Å². The quantitative estimate of drug-likeness (QED) is 0.585. The van der Waals surface area contributed by atoms with Crippen molar-refractivity contribution < 1.29 is 14.3 Å². The molecular weight excluding hydrogens is 395 g/mol. The lowest BCUT2D eigenvalue weighted by Gasteiger charge is -2.08. The summed E-state index contributed by atoms with van der Waals surface area (Å²) in [6.07, 6.45) is 0.955. The van der Waals surface area contributed by atoms with Crippen LogP contribution in [0.15, 0.2) is 53.5 Å². The van der Waals surface area contributed by atoms with Crippen molar-refractivity contribution in [3.05, 3.63) is 69.7 Å². The first-order valence-corrected chi connectivity index (χ1v) is 9.53. The molecule has 0 bridgehead atoms. The number of benzene rings is 2. The van der Waals surface area contributed by atoms with Gasteiger partial charge in [-0.05, 0) is 29.5 Å². The predicted molar refractivity (Wildman–Crippen MR) is 106 cm³/mol. The van der Waals surface area contributed by atoms with Gasteiger partial charge in [0.2, 0.25) is 5.91 Å². The van der Waals surface area contributed by atoms with Crippen molar-refractivity contribution >= 4 is 52.1 Å². The summed E-state index contributed by atoms with van der Waals surface area (Å²) in [6.45, 7) is 0.110. The predicted octanol–water partition coefficient (Wildman–Crippen LogP) is 4.71. The minimum atomic E-state index is -0.775. The number of hydrogen-bond donors (Lipinski definition) is 1. The molecule has 0 aromatic heterocycles. The maximum atomic E-state index is 12.1. The standard InChI is InChI=1S/C18H16Cl2N2O3S/c1-26-17(22-18(24)25-11-12-5-3-2-4-6-12)21-16(23)9-13-7-8-14(19)10-15(13)20/h2-8,10H,9,11H2,1H3,(H,21,22,23,24). The molecule has 26 heavy (non-hydrogen) atoms. The number of nitrogens with one attached hydrogen (secondary N) is 1. The fourth-order valence-corrected chi connectivity index (χ4v) is 2.82. The van der Waals surface area contributed by atoms with Crippen molar-refractivity contribution in [2.45, 2.75) is 13.0 Å². The number of carbonyl (C=O) groups excluding carboxylic acids is 2. The minimum Gasteiger partial charge on any atom is -0.443 e. The fraction of sp³-hybridized carbons (Fsp3) is 0.167. The van der Waals surface area contributed by atoms with Crippen molar-refractivity contribution in [3.8, 4) is 0 Å². The molecule has 2 aromatic carbocycles. The van der Waals surface area contributed by atoms with Gasteiger partial charge in [0.05, 0.1) is 6.42 Å². The van der Waals surface area contributed by atoms with Crippen LogP contribution in [0.2, 0.25) is 10.0 Å². The minimum absolute atomic E-state index is 0.0364. The van der Waals surface area contributed by atoms with Gasteiger partial charge in [0.25, 0.3) is 0 Å². The third kappa shape index (κ3) is 6.71. The molecule has 0 aliphatic rings. The van der Waals surface area contributed by atoms with Gasteiger partial charge in [0, 0.05) is 10.0 Å². The van der Waals surface area contributed by atoms with E-state index >= 15 is 0 Å². The Kier molecular flexibility index (Phi) is 7.97. The normalized spacial score (nSPS) is 11.1. The number of amides is 2. The summed E-state index contributed by atoms with van der Waals surface area (Å²) in [4.78, 5) is 27.7. The van der Waals surface area contributed by atoms with Gasteiger partial charge in [-0.3, -0.25) is 4.79 Å². The Morgan fingerprint density at radius 1 is 1.15 bits per heavy atom. The highest BCUT2D eigenvalue weighted by Crippen LogP contribution is 2.21. The maximum absolute atomic E-state index is 12.1. The number of carbonyl (C=O) groups is 2. The molecule has 8 heteroatoms. The topological polar surface area (TPSA) is 67.8 Å². The molecule has 0 atom stereocenters. The molecule has 0 aliphatic carbocycles. The lowest BCUT2D eigenvalue weighted by Crippen LogP contribution is -2.30. The Morgan fingerprint density at radius 3 is 2.54 bits per heavy atom. The molecule has 2 rings (SSSR count). The molecule has 0 saturated carbocycles. The van der Waals surface area contributed by atoms with Crippen LogP contribution >= 0.6 is 35.0 Å². The molecule has 2 aromatic rings. The fourth-order valence-electron chi connectivity index (χ4n) is 1.96. The number of ether oxygens (including phenoxy) is 1. The first-order valence-electron chi connectivity index (χ1n) is 7.55. The van der Waals surface area contributed by atoms with E-state index in [1.807, 2.05) is 30.3 Å². The Bertz CT molecular complexity index is 813. The zero-order chi connectivity index (χ0) is 18.9. The molecule has 1 N–H and O–H groups in total. The van der Waals surface area contributed by atoms with Gasteiger partial charge in [-0.1, -0.05) is 71.4 Å². The molecule has 0 fully saturated rings. The molecule has 0 spiro atoms. The molecule has 0 aliphatic heterocycles. The van der Waals surface area contributed by atoms with E-state index in [4.69, 9.17) is 27.9 Å². The number of amidine groups is 1. The van der Waals surface area contributed by atoms with Crippen LogP contribution in [0, 0.1) is 0 Å². The molecule has 0 radical (unpaired) electrons. The number of nitrogens with zero attached hydrogens (tertiary/aromatic N) is 1. The van der Waals surface area contributed by atoms with Crippen LogP contribution in [-0.2, 0) is 22.6 Å². The average molecular weight is 411 g/mol. The first-order chi connectivity index (χ1) is 12.5. The smallest absolute Gasteiger partial charge is 0.436 e. The van der Waals surface area contributed by atoms with E-state index in [9.17, 15) is 9.59 Å². The van der Waals surface area contributed by atoms with E-state index in [0.717, 1.165) is 17.3 Å². The number of hydrogen-bond acceptors (Lipinski definition) is 4. The molecule has 0 heterocycles. The van der Waals surface area contributed by atoms with Gasteiger partial charge < -0.3 is 10.1 Å². The highest BCUT2D eigenvalue weighted by atomic mass is 35.5. The molecule has 136 valence electrons. The third-order valence-corrected chi connectivity index (χ3v) is 4.37. The van der Waals surface area contributed by atoms with Crippen LogP contribution in [0.5, 0.6) is 0 Å². The third-order valence-electron chi connectivity index (χ3n) is 3.20. The van der Waals surface area contributed by atoms with Crippen LogP contribution in [0.3, 0.4) is 0 Å². The van der Waals surface area contributed by atoms with E-state index in [0.29, 0.717) is 15.6 Å². The summed E-state index contributed by atoms with van der Waals surface area (Å²) in [5.41, 5.74) is 1.48. The number of halogens is 2. The monoisotopic (exact) mass is 410 g/mol. The van der Waals surface area contributed by atoms with Gasteiger partial charge >= 0.3 is 6.09 Å². The Morgan fingerprint density at radius 2 is 1.88 bits per heavy atom. The van der Waals surface area contributed by atoms with Crippen LogP contribution in [-0.4, -0.2) is 23.4 Å². The molecule has 0 saturated heterocycles. The van der Waals surface area contributed by atoms with Gasteiger partial charge in [-0.15, -0.1) is 0 Å². The number of aliphatic imine (C=N–C) groups is 1. The van der Waals surface area contributed by atoms with Crippen molar-refractivity contribution in [1.82, 2.24) is 5.32 Å². The summed E-state index contributed by atoms with van der Waals surface area (Å²) in [6, 6.07) is 14.1. The zero-order valence-corrected chi connectivity index (χ0v) is 16.2. The average Bonchev–Trinajstić information content (AvgIpc) is 2.62. The molecular formula is C18H16Cl2N2O3S. The second-order valence-corrected chi connectivity index (χ2v) is 6.76. The van der Waals surface area contributed by atoms with E-state index in [2.05, 4.69) is 10.3 Å². The van der Waals surface area contributed by atoms with Gasteiger partial charge in [0.1, 0.15) is 6.61 Å². The van der Waals surface area contributed by atoms with Crippen LogP contribution in [0.4, 0.5) is 4.79 Å². The van der Waals surface area contributed by atoms with Gasteiger partial charge in [0.15, 0.2) is 5.17 Å². The van der Waals surface area contributed by atoms with Crippen LogP contribution in [0.1, 0.15) is 11.1 Å². The summed E-state index contributed by atoms with van der Waals surface area (Å²) < 4.78 is 5.07. The number of thioether (sulfide) groups is 1. The Hall–Kier alpha value is -2.02. The van der Waals surface area contributed by atoms with Crippen molar-refractivity contribution in [2.75, 3.05) is 6.26 Å². The van der Waals surface area contributed by atoms with Crippen molar-refractivity contribution in [1.29, 1.82) is 0 Å². The van der Waals surface area contributed by atoms with Crippen molar-refractivity contribution in [2.24, 2.45) is 4.99 Å². The Labute approximate surface area is 165 Å². The van der Waals surface area contributed by atoms with Gasteiger partial charge in [-0.2, -0.15) is 4.99 Å². The van der Waals surface area contributed by atoms with E-state index < -0.39 is 6.09 Å². The van der Waals surface area contributed by atoms with Crippen LogP contribution in [0.25, 0.3) is 0 Å². The lowest BCUT2D eigenvalue weighted by molar-refractivity contribution is -0.119. The molecule has 0 unspecified atom stereocenters. The van der Waals surface area contributed by atoms with Crippen molar-refractivity contribution in [3.63, 3.8) is 0 Å². The zero-order valence-electron chi connectivity index (χ0n) is 13.9. The summed E-state index contributed by atoms with van der Waals surface area (Å²) in [7, 11) is 0. The van der Waals surface area contributed by atoms with Gasteiger partial charge in [-0.25, -0.2) is 4.79 Å².